The van der Waals surface area contributed by atoms with Gasteiger partial charge in [-0.15, -0.1) is 0 Å². The molecule has 0 aliphatic carbocycles. The molecular weight excluding hydrogens is 293 g/mol. The first-order valence-corrected chi connectivity index (χ1v) is 6.93. The largest absolute Gasteiger partial charge is 0.494 e. The molecule has 110 valence electrons. The smallest absolute Gasteiger partial charge is 0.254 e. The third-order valence-electron chi connectivity index (χ3n) is 2.84. The SMILES string of the molecule is CCOc1cccc(CNC(=O)c2cc(Cl)ccc2F)c1. The zero-order valence-corrected chi connectivity index (χ0v) is 12.3. The Balaban J connectivity index is 2.04. The van der Waals surface area contributed by atoms with Crippen LogP contribution in [0, 0.1) is 5.82 Å². The van der Waals surface area contributed by atoms with Gasteiger partial charge in [-0.05, 0) is 42.8 Å². The third-order valence-corrected chi connectivity index (χ3v) is 3.07. The lowest BCUT2D eigenvalue weighted by atomic mass is 10.1. The Morgan fingerprint density at radius 2 is 2.10 bits per heavy atom. The highest BCUT2D eigenvalue weighted by molar-refractivity contribution is 6.30. The number of benzene rings is 2. The van der Waals surface area contributed by atoms with Crippen LogP contribution in [0.25, 0.3) is 0 Å². The fourth-order valence-electron chi connectivity index (χ4n) is 1.86. The van der Waals surface area contributed by atoms with Crippen LogP contribution < -0.4 is 10.1 Å². The predicted molar refractivity (Wildman–Crippen MR) is 80.2 cm³/mol. The molecule has 21 heavy (non-hydrogen) atoms. The van der Waals surface area contributed by atoms with E-state index in [1.54, 1.807) is 0 Å². The maximum Gasteiger partial charge on any atom is 0.254 e. The molecule has 0 saturated heterocycles. The molecule has 0 aromatic heterocycles. The van der Waals surface area contributed by atoms with Gasteiger partial charge in [0.15, 0.2) is 0 Å². The van der Waals surface area contributed by atoms with Gasteiger partial charge in [-0.3, -0.25) is 4.79 Å². The summed E-state index contributed by atoms with van der Waals surface area (Å²) < 4.78 is 19.0. The van der Waals surface area contributed by atoms with E-state index in [2.05, 4.69) is 5.32 Å². The topological polar surface area (TPSA) is 38.3 Å². The zero-order chi connectivity index (χ0) is 15.2. The van der Waals surface area contributed by atoms with Crippen molar-refractivity contribution >= 4 is 17.5 Å². The molecule has 1 amide bonds. The summed E-state index contributed by atoms with van der Waals surface area (Å²) in [4.78, 5) is 12.0. The highest BCUT2D eigenvalue weighted by Gasteiger charge is 2.12. The predicted octanol–water partition coefficient (Wildman–Crippen LogP) is 3.81. The minimum Gasteiger partial charge on any atom is -0.494 e. The molecular formula is C16H15ClFNO2. The quantitative estimate of drug-likeness (QED) is 0.912. The average Bonchev–Trinajstić information content (AvgIpc) is 2.48. The number of hydrogen-bond donors (Lipinski definition) is 1. The van der Waals surface area contributed by atoms with Gasteiger partial charge in [0.2, 0.25) is 0 Å². The van der Waals surface area contributed by atoms with Crippen LogP contribution in [0.5, 0.6) is 5.75 Å². The van der Waals surface area contributed by atoms with E-state index in [9.17, 15) is 9.18 Å². The minimum atomic E-state index is -0.597. The van der Waals surface area contributed by atoms with E-state index in [0.717, 1.165) is 11.3 Å². The summed E-state index contributed by atoms with van der Waals surface area (Å²) in [6.45, 7) is 2.76. The summed E-state index contributed by atoms with van der Waals surface area (Å²) in [6.07, 6.45) is 0. The standard InChI is InChI=1S/C16H15ClFNO2/c1-2-21-13-5-3-4-11(8-13)10-19-16(20)14-9-12(17)6-7-15(14)18/h3-9H,2,10H2,1H3,(H,19,20). The second kappa shape index (κ2) is 7.09. The molecule has 0 saturated carbocycles. The lowest BCUT2D eigenvalue weighted by Gasteiger charge is -2.08. The van der Waals surface area contributed by atoms with Crippen LogP contribution in [0.15, 0.2) is 42.5 Å². The van der Waals surface area contributed by atoms with Gasteiger partial charge < -0.3 is 10.1 Å². The van der Waals surface area contributed by atoms with Crippen LogP contribution >= 0.6 is 11.6 Å². The molecule has 5 heteroatoms. The van der Waals surface area contributed by atoms with E-state index in [4.69, 9.17) is 16.3 Å². The van der Waals surface area contributed by atoms with E-state index < -0.39 is 11.7 Å². The Kier molecular flexibility index (Phi) is 5.17. The number of carbonyl (C=O) groups is 1. The molecule has 0 fully saturated rings. The molecule has 0 unspecified atom stereocenters. The molecule has 0 heterocycles. The molecule has 0 bridgehead atoms. The van der Waals surface area contributed by atoms with E-state index in [-0.39, 0.29) is 12.1 Å². The molecule has 0 aliphatic rings. The second-order valence-corrected chi connectivity index (χ2v) is 4.82. The summed E-state index contributed by atoms with van der Waals surface area (Å²) >= 11 is 5.77. The summed E-state index contributed by atoms with van der Waals surface area (Å²) in [5, 5.41) is 2.98. The summed E-state index contributed by atoms with van der Waals surface area (Å²) in [5.74, 6) is -0.366. The van der Waals surface area contributed by atoms with Crippen molar-refractivity contribution in [1.29, 1.82) is 0 Å². The van der Waals surface area contributed by atoms with Gasteiger partial charge in [-0.1, -0.05) is 23.7 Å². The summed E-state index contributed by atoms with van der Waals surface area (Å²) in [7, 11) is 0. The monoisotopic (exact) mass is 307 g/mol. The Bertz CT molecular complexity index is 646. The Morgan fingerprint density at radius 3 is 2.86 bits per heavy atom. The van der Waals surface area contributed by atoms with Crippen LogP contribution in [0.2, 0.25) is 5.02 Å². The van der Waals surface area contributed by atoms with E-state index in [1.807, 2.05) is 31.2 Å². The maximum atomic E-state index is 13.6. The summed E-state index contributed by atoms with van der Waals surface area (Å²) in [5.41, 5.74) is 0.806. The van der Waals surface area contributed by atoms with Gasteiger partial charge in [0.1, 0.15) is 11.6 Å². The Hall–Kier alpha value is -2.07. The lowest BCUT2D eigenvalue weighted by Crippen LogP contribution is -2.23. The summed E-state index contributed by atoms with van der Waals surface area (Å²) in [6, 6.07) is 11.3. The van der Waals surface area contributed by atoms with Crippen molar-refractivity contribution in [2.75, 3.05) is 6.61 Å². The molecule has 0 spiro atoms. The number of ether oxygens (including phenoxy) is 1. The Labute approximate surface area is 127 Å². The van der Waals surface area contributed by atoms with Crippen molar-refractivity contribution in [1.82, 2.24) is 5.32 Å². The van der Waals surface area contributed by atoms with Crippen molar-refractivity contribution in [2.45, 2.75) is 13.5 Å². The van der Waals surface area contributed by atoms with Crippen molar-refractivity contribution in [3.05, 3.63) is 64.4 Å². The van der Waals surface area contributed by atoms with E-state index in [0.29, 0.717) is 11.6 Å². The first-order chi connectivity index (χ1) is 10.1. The zero-order valence-electron chi connectivity index (χ0n) is 11.5. The fourth-order valence-corrected chi connectivity index (χ4v) is 2.03. The van der Waals surface area contributed by atoms with Gasteiger partial charge >= 0.3 is 0 Å². The van der Waals surface area contributed by atoms with Crippen LogP contribution in [0.1, 0.15) is 22.8 Å². The molecule has 0 aliphatic heterocycles. The van der Waals surface area contributed by atoms with Gasteiger partial charge in [-0.2, -0.15) is 0 Å². The maximum absolute atomic E-state index is 13.6. The van der Waals surface area contributed by atoms with Crippen molar-refractivity contribution in [3.8, 4) is 5.75 Å². The normalized spacial score (nSPS) is 10.2. The number of halogens is 2. The molecule has 2 aromatic carbocycles. The molecule has 0 atom stereocenters. The van der Waals surface area contributed by atoms with Crippen LogP contribution in [0.3, 0.4) is 0 Å². The number of nitrogens with one attached hydrogen (secondary N) is 1. The highest BCUT2D eigenvalue weighted by atomic mass is 35.5. The minimum absolute atomic E-state index is 0.0662. The fraction of sp³-hybridized carbons (Fsp3) is 0.188. The first-order valence-electron chi connectivity index (χ1n) is 6.55. The van der Waals surface area contributed by atoms with Crippen LogP contribution in [-0.2, 0) is 6.54 Å². The number of rotatable bonds is 5. The Morgan fingerprint density at radius 1 is 1.29 bits per heavy atom. The van der Waals surface area contributed by atoms with Gasteiger partial charge in [0.05, 0.1) is 12.2 Å². The average molecular weight is 308 g/mol. The van der Waals surface area contributed by atoms with Crippen molar-refractivity contribution in [2.24, 2.45) is 0 Å². The van der Waals surface area contributed by atoms with Gasteiger partial charge in [-0.25, -0.2) is 4.39 Å². The first kappa shape index (κ1) is 15.3. The molecule has 1 N–H and O–H groups in total. The van der Waals surface area contributed by atoms with Gasteiger partial charge in [0.25, 0.3) is 5.91 Å². The second-order valence-electron chi connectivity index (χ2n) is 4.39. The molecule has 2 aromatic rings. The van der Waals surface area contributed by atoms with Crippen LogP contribution in [-0.4, -0.2) is 12.5 Å². The highest BCUT2D eigenvalue weighted by Crippen LogP contribution is 2.16. The molecule has 0 radical (unpaired) electrons. The number of amides is 1. The van der Waals surface area contributed by atoms with Crippen molar-refractivity contribution in [3.63, 3.8) is 0 Å². The lowest BCUT2D eigenvalue weighted by molar-refractivity contribution is 0.0947. The number of hydrogen-bond acceptors (Lipinski definition) is 2. The molecule has 2 rings (SSSR count). The third kappa shape index (κ3) is 4.20. The van der Waals surface area contributed by atoms with E-state index >= 15 is 0 Å². The van der Waals surface area contributed by atoms with E-state index in [1.165, 1.54) is 18.2 Å². The number of carbonyl (C=O) groups excluding carboxylic acids is 1. The van der Waals surface area contributed by atoms with Crippen molar-refractivity contribution < 1.29 is 13.9 Å². The van der Waals surface area contributed by atoms with Gasteiger partial charge in [0, 0.05) is 11.6 Å². The molecule has 3 nitrogen and oxygen atoms in total. The van der Waals surface area contributed by atoms with Crippen LogP contribution in [0.4, 0.5) is 4.39 Å².